The minimum Gasteiger partial charge on any atom is -0.399 e. The van der Waals surface area contributed by atoms with Gasteiger partial charge >= 0.3 is 0 Å². The van der Waals surface area contributed by atoms with Gasteiger partial charge in [-0.15, -0.1) is 0 Å². The highest BCUT2D eigenvalue weighted by Crippen LogP contribution is 2.27. The van der Waals surface area contributed by atoms with E-state index in [4.69, 9.17) is 10.3 Å². The number of nitrogens with zero attached hydrogens (tertiary/aromatic N) is 2. The molecular formula is C13H15N3O3S. The zero-order valence-corrected chi connectivity index (χ0v) is 11.6. The van der Waals surface area contributed by atoms with Gasteiger partial charge in [0.1, 0.15) is 0 Å². The first-order chi connectivity index (χ1) is 9.52. The second kappa shape index (κ2) is 4.90. The zero-order chi connectivity index (χ0) is 14.2. The fourth-order valence-corrected chi connectivity index (χ4v) is 4.05. The van der Waals surface area contributed by atoms with Crippen molar-refractivity contribution in [3.8, 4) is 0 Å². The van der Waals surface area contributed by atoms with Crippen molar-refractivity contribution in [2.24, 2.45) is 0 Å². The molecule has 2 aromatic rings. The van der Waals surface area contributed by atoms with Gasteiger partial charge in [0.2, 0.25) is 5.89 Å². The number of rotatable bonds is 3. The molecule has 1 aliphatic heterocycles. The number of nitrogen functional groups attached to an aromatic ring is 1. The average Bonchev–Trinajstić information content (AvgIpc) is 2.99. The highest BCUT2D eigenvalue weighted by atomic mass is 32.2. The maximum atomic E-state index is 11.4. The molecule has 106 valence electrons. The molecule has 3 rings (SSSR count). The van der Waals surface area contributed by atoms with Gasteiger partial charge in [-0.2, -0.15) is 4.98 Å². The van der Waals surface area contributed by atoms with E-state index in [0.717, 1.165) is 5.56 Å². The number of sulfone groups is 1. The summed E-state index contributed by atoms with van der Waals surface area (Å²) in [6, 6.07) is 7.44. The van der Waals surface area contributed by atoms with Gasteiger partial charge in [0.15, 0.2) is 15.7 Å². The standard InChI is InChI=1S/C13H15N3O3S/c14-11-3-1-9(2-4-11)7-12-15-13(16-19-12)10-5-6-20(17,18)8-10/h1-4,10H,5-8,14H2. The molecule has 20 heavy (non-hydrogen) atoms. The molecule has 1 aromatic carbocycles. The van der Waals surface area contributed by atoms with Crippen LogP contribution < -0.4 is 5.73 Å². The predicted octanol–water partition coefficient (Wildman–Crippen LogP) is 1.14. The molecule has 2 N–H and O–H groups in total. The second-order valence-electron chi connectivity index (χ2n) is 5.06. The summed E-state index contributed by atoms with van der Waals surface area (Å²) in [6.07, 6.45) is 1.09. The number of anilines is 1. The van der Waals surface area contributed by atoms with Crippen LogP contribution in [0.2, 0.25) is 0 Å². The Morgan fingerprint density at radius 3 is 2.70 bits per heavy atom. The first kappa shape index (κ1) is 13.1. The van der Waals surface area contributed by atoms with Crippen LogP contribution in [0.1, 0.15) is 29.6 Å². The van der Waals surface area contributed by atoms with Crippen LogP contribution in [0.5, 0.6) is 0 Å². The molecule has 1 aromatic heterocycles. The van der Waals surface area contributed by atoms with Crippen LogP contribution in [-0.2, 0) is 16.3 Å². The van der Waals surface area contributed by atoms with E-state index < -0.39 is 9.84 Å². The predicted molar refractivity (Wildman–Crippen MR) is 74.0 cm³/mol. The van der Waals surface area contributed by atoms with Crippen molar-refractivity contribution in [1.29, 1.82) is 0 Å². The van der Waals surface area contributed by atoms with Crippen molar-refractivity contribution in [2.75, 3.05) is 17.2 Å². The van der Waals surface area contributed by atoms with Gasteiger partial charge in [0, 0.05) is 11.6 Å². The lowest BCUT2D eigenvalue weighted by atomic mass is 10.1. The van der Waals surface area contributed by atoms with Crippen molar-refractivity contribution in [3.05, 3.63) is 41.5 Å². The van der Waals surface area contributed by atoms with Crippen molar-refractivity contribution in [3.63, 3.8) is 0 Å². The van der Waals surface area contributed by atoms with Crippen LogP contribution >= 0.6 is 0 Å². The summed E-state index contributed by atoms with van der Waals surface area (Å²) in [6.45, 7) is 0. The van der Waals surface area contributed by atoms with E-state index in [2.05, 4.69) is 10.1 Å². The van der Waals surface area contributed by atoms with Crippen molar-refractivity contribution < 1.29 is 12.9 Å². The minimum atomic E-state index is -2.93. The van der Waals surface area contributed by atoms with Crippen LogP contribution in [-0.4, -0.2) is 30.1 Å². The van der Waals surface area contributed by atoms with Gasteiger partial charge < -0.3 is 10.3 Å². The van der Waals surface area contributed by atoms with Crippen molar-refractivity contribution in [2.45, 2.75) is 18.8 Å². The molecule has 6 nitrogen and oxygen atoms in total. The summed E-state index contributed by atoms with van der Waals surface area (Å²) in [4.78, 5) is 4.30. The van der Waals surface area contributed by atoms with E-state index in [-0.39, 0.29) is 17.4 Å². The van der Waals surface area contributed by atoms with Gasteiger partial charge in [0.05, 0.1) is 17.9 Å². The number of aromatic nitrogens is 2. The molecule has 0 saturated carbocycles. The van der Waals surface area contributed by atoms with E-state index in [1.54, 1.807) is 0 Å². The van der Waals surface area contributed by atoms with Crippen LogP contribution in [0.25, 0.3) is 0 Å². The molecule has 1 unspecified atom stereocenters. The molecule has 0 bridgehead atoms. The number of benzene rings is 1. The fraction of sp³-hybridized carbons (Fsp3) is 0.385. The third-order valence-electron chi connectivity index (χ3n) is 3.42. The van der Waals surface area contributed by atoms with E-state index >= 15 is 0 Å². The molecule has 2 heterocycles. The SMILES string of the molecule is Nc1ccc(Cc2nc(C3CCS(=O)(=O)C3)no2)cc1. The number of hydrogen-bond donors (Lipinski definition) is 1. The highest BCUT2D eigenvalue weighted by molar-refractivity contribution is 7.91. The van der Waals surface area contributed by atoms with Gasteiger partial charge in [-0.1, -0.05) is 17.3 Å². The fourth-order valence-electron chi connectivity index (χ4n) is 2.31. The second-order valence-corrected chi connectivity index (χ2v) is 7.29. The summed E-state index contributed by atoms with van der Waals surface area (Å²) in [5.74, 6) is 1.18. The van der Waals surface area contributed by atoms with E-state index in [0.29, 0.717) is 30.2 Å². The smallest absolute Gasteiger partial charge is 0.231 e. The lowest BCUT2D eigenvalue weighted by Gasteiger charge is -1.99. The molecule has 0 spiro atoms. The Bertz CT molecular complexity index is 707. The summed E-state index contributed by atoms with van der Waals surface area (Å²) in [7, 11) is -2.93. The summed E-state index contributed by atoms with van der Waals surface area (Å²) < 4.78 is 28.1. The van der Waals surface area contributed by atoms with Gasteiger partial charge in [-0.3, -0.25) is 0 Å². The van der Waals surface area contributed by atoms with Crippen LogP contribution in [0.4, 0.5) is 5.69 Å². The van der Waals surface area contributed by atoms with Crippen molar-refractivity contribution >= 4 is 15.5 Å². The average molecular weight is 293 g/mol. The maximum absolute atomic E-state index is 11.4. The summed E-state index contributed by atoms with van der Waals surface area (Å²) >= 11 is 0. The van der Waals surface area contributed by atoms with Crippen molar-refractivity contribution in [1.82, 2.24) is 10.1 Å². The van der Waals surface area contributed by atoms with Gasteiger partial charge in [0.25, 0.3) is 0 Å². The van der Waals surface area contributed by atoms with E-state index in [9.17, 15) is 8.42 Å². The Labute approximate surface area is 116 Å². The monoisotopic (exact) mass is 293 g/mol. The van der Waals surface area contributed by atoms with Crippen LogP contribution in [0, 0.1) is 0 Å². The Hall–Kier alpha value is -1.89. The quantitative estimate of drug-likeness (QED) is 0.852. The largest absolute Gasteiger partial charge is 0.399 e. The Morgan fingerprint density at radius 1 is 1.30 bits per heavy atom. The number of hydrogen-bond acceptors (Lipinski definition) is 6. The molecule has 0 amide bonds. The molecular weight excluding hydrogens is 278 g/mol. The molecule has 0 radical (unpaired) electrons. The topological polar surface area (TPSA) is 99.1 Å². The van der Waals surface area contributed by atoms with E-state index in [1.807, 2.05) is 24.3 Å². The molecule has 1 aliphatic rings. The summed E-state index contributed by atoms with van der Waals surface area (Å²) in [5, 5.41) is 3.90. The Morgan fingerprint density at radius 2 is 2.05 bits per heavy atom. The summed E-state index contributed by atoms with van der Waals surface area (Å²) in [5.41, 5.74) is 7.35. The molecule has 1 fully saturated rings. The van der Waals surface area contributed by atoms with Crippen LogP contribution in [0.3, 0.4) is 0 Å². The van der Waals surface area contributed by atoms with Gasteiger partial charge in [-0.05, 0) is 24.1 Å². The van der Waals surface area contributed by atoms with Crippen LogP contribution in [0.15, 0.2) is 28.8 Å². The zero-order valence-electron chi connectivity index (χ0n) is 10.8. The van der Waals surface area contributed by atoms with Gasteiger partial charge in [-0.25, -0.2) is 8.42 Å². The van der Waals surface area contributed by atoms with E-state index in [1.165, 1.54) is 0 Å². The molecule has 1 saturated heterocycles. The first-order valence-electron chi connectivity index (χ1n) is 6.39. The normalized spacial score (nSPS) is 21.1. The molecule has 0 aliphatic carbocycles. The highest BCUT2D eigenvalue weighted by Gasteiger charge is 2.32. The Balaban J connectivity index is 1.72. The third-order valence-corrected chi connectivity index (χ3v) is 5.18. The lowest BCUT2D eigenvalue weighted by molar-refractivity contribution is 0.376. The molecule has 7 heteroatoms. The first-order valence-corrected chi connectivity index (χ1v) is 8.21. The lowest BCUT2D eigenvalue weighted by Crippen LogP contribution is -2.05. The third kappa shape index (κ3) is 2.82. The molecule has 1 atom stereocenters. The maximum Gasteiger partial charge on any atom is 0.231 e. The minimum absolute atomic E-state index is 0.119. The Kier molecular flexibility index (Phi) is 3.21. The number of nitrogens with two attached hydrogens (primary N) is 1.